The monoisotopic (exact) mass is 304 g/mol. The summed E-state index contributed by atoms with van der Waals surface area (Å²) >= 11 is 0. The summed E-state index contributed by atoms with van der Waals surface area (Å²) in [5.41, 5.74) is 0. The van der Waals surface area contributed by atoms with Crippen molar-refractivity contribution in [2.24, 2.45) is 0 Å². The zero-order chi connectivity index (χ0) is 15.4. The number of hydrogen-bond donors (Lipinski definition) is 2. The van der Waals surface area contributed by atoms with E-state index in [1.807, 2.05) is 10.9 Å². The van der Waals surface area contributed by atoms with E-state index >= 15 is 0 Å². The van der Waals surface area contributed by atoms with Gasteiger partial charge in [0.25, 0.3) is 5.91 Å². The molecule has 0 radical (unpaired) electrons. The molecule has 1 aromatic heterocycles. The SMILES string of the molecule is O=C(COc1ccc(F)cc1)Nc1ccn([C@@H]2CCNC2)n1. The first-order chi connectivity index (χ1) is 10.7. The highest BCUT2D eigenvalue weighted by Crippen LogP contribution is 2.16. The molecular weight excluding hydrogens is 287 g/mol. The molecule has 1 saturated heterocycles. The van der Waals surface area contributed by atoms with Crippen LogP contribution in [0.1, 0.15) is 12.5 Å². The molecular formula is C15H17FN4O2. The van der Waals surface area contributed by atoms with Gasteiger partial charge in [0.1, 0.15) is 11.6 Å². The molecule has 2 heterocycles. The van der Waals surface area contributed by atoms with Gasteiger partial charge >= 0.3 is 0 Å². The Bertz CT molecular complexity index is 635. The van der Waals surface area contributed by atoms with Crippen molar-refractivity contribution in [1.82, 2.24) is 15.1 Å². The molecule has 6 nitrogen and oxygen atoms in total. The Balaban J connectivity index is 1.50. The van der Waals surface area contributed by atoms with Crippen molar-refractivity contribution >= 4 is 11.7 Å². The van der Waals surface area contributed by atoms with Gasteiger partial charge < -0.3 is 15.4 Å². The van der Waals surface area contributed by atoms with Crippen LogP contribution in [0.25, 0.3) is 0 Å². The van der Waals surface area contributed by atoms with Crippen molar-refractivity contribution in [2.45, 2.75) is 12.5 Å². The molecule has 2 aromatic rings. The summed E-state index contributed by atoms with van der Waals surface area (Å²) in [6, 6.07) is 7.61. The van der Waals surface area contributed by atoms with Gasteiger partial charge in [0.15, 0.2) is 12.4 Å². The lowest BCUT2D eigenvalue weighted by atomic mass is 10.3. The maximum atomic E-state index is 12.8. The molecule has 0 spiro atoms. The summed E-state index contributed by atoms with van der Waals surface area (Å²) in [4.78, 5) is 11.8. The number of nitrogens with one attached hydrogen (secondary N) is 2. The summed E-state index contributed by atoms with van der Waals surface area (Å²) in [5, 5.41) is 10.3. The Morgan fingerprint density at radius 2 is 2.23 bits per heavy atom. The third kappa shape index (κ3) is 3.62. The Kier molecular flexibility index (Phi) is 4.34. The number of ether oxygens (including phenoxy) is 1. The lowest BCUT2D eigenvalue weighted by Gasteiger charge is -2.08. The number of carbonyl (C=O) groups excluding carboxylic acids is 1. The molecule has 0 unspecified atom stereocenters. The van der Waals surface area contributed by atoms with Gasteiger partial charge in [-0.3, -0.25) is 9.48 Å². The third-order valence-electron chi connectivity index (χ3n) is 3.47. The van der Waals surface area contributed by atoms with Gasteiger partial charge in [-0.2, -0.15) is 5.10 Å². The summed E-state index contributed by atoms with van der Waals surface area (Å²) < 4.78 is 19.9. The van der Waals surface area contributed by atoms with Gasteiger partial charge in [0.2, 0.25) is 0 Å². The number of hydrogen-bond acceptors (Lipinski definition) is 4. The largest absolute Gasteiger partial charge is 0.484 e. The molecule has 1 amide bonds. The maximum Gasteiger partial charge on any atom is 0.263 e. The molecule has 0 aliphatic carbocycles. The van der Waals surface area contributed by atoms with Crippen LogP contribution in [0.5, 0.6) is 5.75 Å². The highest BCUT2D eigenvalue weighted by molar-refractivity contribution is 5.90. The molecule has 0 saturated carbocycles. The van der Waals surface area contributed by atoms with Crippen LogP contribution in [-0.2, 0) is 4.79 Å². The molecule has 2 N–H and O–H groups in total. The zero-order valence-corrected chi connectivity index (χ0v) is 12.0. The lowest BCUT2D eigenvalue weighted by Crippen LogP contribution is -2.21. The van der Waals surface area contributed by atoms with Crippen molar-refractivity contribution in [3.8, 4) is 5.75 Å². The van der Waals surface area contributed by atoms with Crippen molar-refractivity contribution in [3.05, 3.63) is 42.3 Å². The third-order valence-corrected chi connectivity index (χ3v) is 3.47. The molecule has 1 fully saturated rings. The average molecular weight is 304 g/mol. The van der Waals surface area contributed by atoms with Crippen molar-refractivity contribution in [3.63, 3.8) is 0 Å². The number of anilines is 1. The summed E-state index contributed by atoms with van der Waals surface area (Å²) in [6.45, 7) is 1.73. The predicted octanol–water partition coefficient (Wildman–Crippen LogP) is 1.57. The minimum Gasteiger partial charge on any atom is -0.484 e. The maximum absolute atomic E-state index is 12.8. The van der Waals surface area contributed by atoms with Gasteiger partial charge in [-0.15, -0.1) is 0 Å². The number of aromatic nitrogens is 2. The average Bonchev–Trinajstić information content (AvgIpc) is 3.17. The highest BCUT2D eigenvalue weighted by Gasteiger charge is 2.17. The fourth-order valence-electron chi connectivity index (χ4n) is 2.33. The topological polar surface area (TPSA) is 68.2 Å². The number of nitrogens with zero attached hydrogens (tertiary/aromatic N) is 2. The molecule has 1 aromatic carbocycles. The van der Waals surface area contributed by atoms with E-state index in [-0.39, 0.29) is 18.3 Å². The van der Waals surface area contributed by atoms with Crippen LogP contribution in [0, 0.1) is 5.82 Å². The van der Waals surface area contributed by atoms with Crippen LogP contribution in [0.15, 0.2) is 36.5 Å². The summed E-state index contributed by atoms with van der Waals surface area (Å²) in [7, 11) is 0. The number of benzene rings is 1. The van der Waals surface area contributed by atoms with Gasteiger partial charge in [0.05, 0.1) is 6.04 Å². The number of halogens is 1. The number of rotatable bonds is 5. The molecule has 7 heteroatoms. The first-order valence-electron chi connectivity index (χ1n) is 7.15. The van der Waals surface area contributed by atoms with E-state index in [0.29, 0.717) is 17.6 Å². The quantitative estimate of drug-likeness (QED) is 0.880. The number of carbonyl (C=O) groups is 1. The van der Waals surface area contributed by atoms with E-state index < -0.39 is 0 Å². The van der Waals surface area contributed by atoms with Crippen LogP contribution in [0.4, 0.5) is 10.2 Å². The second kappa shape index (κ2) is 6.57. The van der Waals surface area contributed by atoms with Gasteiger partial charge in [0, 0.05) is 18.8 Å². The summed E-state index contributed by atoms with van der Waals surface area (Å²) in [5.74, 6) is 0.293. The van der Waals surface area contributed by atoms with Crippen LogP contribution in [0.3, 0.4) is 0 Å². The smallest absolute Gasteiger partial charge is 0.263 e. The van der Waals surface area contributed by atoms with Crippen LogP contribution < -0.4 is 15.4 Å². The van der Waals surface area contributed by atoms with Crippen molar-refractivity contribution < 1.29 is 13.9 Å². The molecule has 116 valence electrons. The molecule has 1 aliphatic rings. The van der Waals surface area contributed by atoms with Crippen molar-refractivity contribution in [2.75, 3.05) is 25.0 Å². The Morgan fingerprint density at radius 1 is 1.41 bits per heavy atom. The summed E-state index contributed by atoms with van der Waals surface area (Å²) in [6.07, 6.45) is 2.89. The number of amides is 1. The molecule has 1 atom stereocenters. The fraction of sp³-hybridized carbons (Fsp3) is 0.333. The van der Waals surface area contributed by atoms with E-state index in [4.69, 9.17) is 4.74 Å². The van der Waals surface area contributed by atoms with Gasteiger partial charge in [-0.05, 0) is 37.2 Å². The Morgan fingerprint density at radius 3 is 2.95 bits per heavy atom. The van der Waals surface area contributed by atoms with Crippen LogP contribution in [-0.4, -0.2) is 35.4 Å². The van der Waals surface area contributed by atoms with E-state index in [0.717, 1.165) is 19.5 Å². The molecule has 3 rings (SSSR count). The van der Waals surface area contributed by atoms with E-state index in [2.05, 4.69) is 15.7 Å². The van der Waals surface area contributed by atoms with E-state index in [1.54, 1.807) is 6.07 Å². The first kappa shape index (κ1) is 14.5. The lowest BCUT2D eigenvalue weighted by molar-refractivity contribution is -0.118. The molecule has 1 aliphatic heterocycles. The first-order valence-corrected chi connectivity index (χ1v) is 7.15. The minimum absolute atomic E-state index is 0.149. The van der Waals surface area contributed by atoms with Crippen molar-refractivity contribution in [1.29, 1.82) is 0 Å². The zero-order valence-electron chi connectivity index (χ0n) is 12.0. The predicted molar refractivity (Wildman–Crippen MR) is 79.3 cm³/mol. The van der Waals surface area contributed by atoms with Crippen LogP contribution >= 0.6 is 0 Å². The van der Waals surface area contributed by atoms with E-state index in [9.17, 15) is 9.18 Å². The van der Waals surface area contributed by atoms with Crippen LogP contribution in [0.2, 0.25) is 0 Å². The standard InChI is InChI=1S/C15H17FN4O2/c16-11-1-3-13(4-2-11)22-10-15(21)18-14-6-8-20(19-14)12-5-7-17-9-12/h1-4,6,8,12,17H,5,7,9-10H2,(H,18,19,21)/t12-/m1/s1. The second-order valence-corrected chi connectivity index (χ2v) is 5.12. The fourth-order valence-corrected chi connectivity index (χ4v) is 2.33. The normalized spacial score (nSPS) is 17.4. The van der Waals surface area contributed by atoms with Gasteiger partial charge in [-0.1, -0.05) is 0 Å². The van der Waals surface area contributed by atoms with Gasteiger partial charge in [-0.25, -0.2) is 4.39 Å². The highest BCUT2D eigenvalue weighted by atomic mass is 19.1. The minimum atomic E-state index is -0.344. The Hall–Kier alpha value is -2.41. The Labute approximate surface area is 127 Å². The molecule has 22 heavy (non-hydrogen) atoms. The molecule has 0 bridgehead atoms. The second-order valence-electron chi connectivity index (χ2n) is 5.12. The van der Waals surface area contributed by atoms with E-state index in [1.165, 1.54) is 24.3 Å².